The van der Waals surface area contributed by atoms with Crippen LogP contribution in [0.5, 0.6) is 0 Å². The van der Waals surface area contributed by atoms with Crippen LogP contribution in [0, 0.1) is 0 Å². The second-order valence-electron chi connectivity index (χ2n) is 2.88. The molecule has 0 aliphatic heterocycles. The molecule has 0 fully saturated rings. The fourth-order valence-corrected chi connectivity index (χ4v) is 2.16. The highest BCUT2D eigenvalue weighted by atomic mass is 79.9. The van der Waals surface area contributed by atoms with Gasteiger partial charge in [0.15, 0.2) is 0 Å². The molecule has 1 aromatic carbocycles. The summed E-state index contributed by atoms with van der Waals surface area (Å²) >= 11 is 12.8. The van der Waals surface area contributed by atoms with Gasteiger partial charge in [0.2, 0.25) is 0 Å². The minimum absolute atomic E-state index is 0.635. The van der Waals surface area contributed by atoms with Gasteiger partial charge >= 0.3 is 0 Å². The van der Waals surface area contributed by atoms with Crippen LogP contribution in [0.1, 0.15) is 5.69 Å². The molecule has 2 rings (SSSR count). The third-order valence-electron chi connectivity index (χ3n) is 1.83. The van der Waals surface area contributed by atoms with E-state index in [-0.39, 0.29) is 0 Å². The van der Waals surface area contributed by atoms with Crippen LogP contribution in [-0.2, 0) is 5.33 Å². The van der Waals surface area contributed by atoms with E-state index in [0.29, 0.717) is 10.4 Å². The Morgan fingerprint density at radius 2 is 2.20 bits per heavy atom. The first kappa shape index (κ1) is 11.1. The standard InChI is InChI=1S/C9H6Br2ClN3/c10-4-7-5-15(14-13-7)9-2-1-6(11)3-8(9)12/h1-3,5H,4H2. The van der Waals surface area contributed by atoms with E-state index in [1.165, 1.54) is 0 Å². The van der Waals surface area contributed by atoms with Gasteiger partial charge in [0.05, 0.1) is 22.6 Å². The minimum Gasteiger partial charge on any atom is -0.219 e. The number of halogens is 3. The molecule has 15 heavy (non-hydrogen) atoms. The zero-order valence-electron chi connectivity index (χ0n) is 7.49. The zero-order valence-corrected chi connectivity index (χ0v) is 11.4. The maximum Gasteiger partial charge on any atom is 0.0937 e. The summed E-state index contributed by atoms with van der Waals surface area (Å²) < 4.78 is 2.60. The second-order valence-corrected chi connectivity index (χ2v) is 4.77. The van der Waals surface area contributed by atoms with E-state index >= 15 is 0 Å². The summed E-state index contributed by atoms with van der Waals surface area (Å²) in [6.07, 6.45) is 1.84. The summed E-state index contributed by atoms with van der Waals surface area (Å²) in [4.78, 5) is 0. The smallest absolute Gasteiger partial charge is 0.0937 e. The fraction of sp³-hybridized carbons (Fsp3) is 0.111. The van der Waals surface area contributed by atoms with Gasteiger partial charge in [0, 0.05) is 9.80 Å². The molecular formula is C9H6Br2ClN3. The molecule has 0 atom stereocenters. The van der Waals surface area contributed by atoms with Gasteiger partial charge < -0.3 is 0 Å². The number of rotatable bonds is 2. The Morgan fingerprint density at radius 1 is 1.40 bits per heavy atom. The van der Waals surface area contributed by atoms with Gasteiger partial charge in [-0.3, -0.25) is 0 Å². The van der Waals surface area contributed by atoms with E-state index in [0.717, 1.165) is 15.9 Å². The molecule has 1 aromatic heterocycles. The van der Waals surface area contributed by atoms with Crippen molar-refractivity contribution in [2.75, 3.05) is 0 Å². The molecule has 1 heterocycles. The molecule has 78 valence electrons. The van der Waals surface area contributed by atoms with Crippen molar-refractivity contribution >= 4 is 43.5 Å². The van der Waals surface area contributed by atoms with Crippen LogP contribution in [0.3, 0.4) is 0 Å². The van der Waals surface area contributed by atoms with Crippen molar-refractivity contribution < 1.29 is 0 Å². The molecule has 0 N–H and O–H groups in total. The van der Waals surface area contributed by atoms with Gasteiger partial charge in [-0.15, -0.1) is 5.10 Å². The molecule has 0 amide bonds. The zero-order chi connectivity index (χ0) is 10.8. The molecule has 2 aromatic rings. The molecule has 0 bridgehead atoms. The summed E-state index contributed by atoms with van der Waals surface area (Å²) in [5.41, 5.74) is 1.69. The second kappa shape index (κ2) is 4.63. The largest absolute Gasteiger partial charge is 0.219 e. The van der Waals surface area contributed by atoms with Crippen molar-refractivity contribution in [3.05, 3.63) is 39.6 Å². The normalized spacial score (nSPS) is 10.6. The third kappa shape index (κ3) is 2.41. The van der Waals surface area contributed by atoms with E-state index in [1.807, 2.05) is 24.4 Å². The van der Waals surface area contributed by atoms with Crippen LogP contribution in [0.25, 0.3) is 5.69 Å². The maximum absolute atomic E-state index is 6.09. The van der Waals surface area contributed by atoms with E-state index in [9.17, 15) is 0 Å². The van der Waals surface area contributed by atoms with Gasteiger partial charge in [-0.05, 0) is 18.2 Å². The molecule has 0 aliphatic carbocycles. The summed E-state index contributed by atoms with van der Waals surface area (Å²) in [5, 5.41) is 9.27. The molecule has 0 aliphatic rings. The third-order valence-corrected chi connectivity index (χ3v) is 3.20. The number of benzene rings is 1. The van der Waals surface area contributed by atoms with Crippen LogP contribution in [0.15, 0.2) is 28.9 Å². The number of alkyl halides is 1. The van der Waals surface area contributed by atoms with E-state index in [4.69, 9.17) is 11.6 Å². The van der Waals surface area contributed by atoms with Gasteiger partial charge in [-0.1, -0.05) is 48.7 Å². The van der Waals surface area contributed by atoms with Crippen LogP contribution < -0.4 is 0 Å². The van der Waals surface area contributed by atoms with Crippen molar-refractivity contribution in [1.29, 1.82) is 0 Å². The number of hydrogen-bond acceptors (Lipinski definition) is 2. The molecule has 0 radical (unpaired) electrons. The van der Waals surface area contributed by atoms with Gasteiger partial charge in [-0.2, -0.15) is 0 Å². The SMILES string of the molecule is Clc1cc(Br)ccc1-n1cc(CBr)nn1. The molecular weight excluding hydrogens is 345 g/mol. The maximum atomic E-state index is 6.09. The molecule has 6 heteroatoms. The lowest BCUT2D eigenvalue weighted by Gasteiger charge is -2.02. The predicted octanol–water partition coefficient (Wildman–Crippen LogP) is 3.58. The highest BCUT2D eigenvalue weighted by Gasteiger charge is 2.06. The van der Waals surface area contributed by atoms with Crippen molar-refractivity contribution in [3.8, 4) is 5.69 Å². The predicted molar refractivity (Wildman–Crippen MR) is 66.7 cm³/mol. The monoisotopic (exact) mass is 349 g/mol. The number of aromatic nitrogens is 3. The molecule has 0 spiro atoms. The van der Waals surface area contributed by atoms with E-state index in [2.05, 4.69) is 42.2 Å². The van der Waals surface area contributed by atoms with Crippen molar-refractivity contribution in [1.82, 2.24) is 15.0 Å². The highest BCUT2D eigenvalue weighted by Crippen LogP contribution is 2.24. The van der Waals surface area contributed by atoms with Crippen LogP contribution in [-0.4, -0.2) is 15.0 Å². The average molecular weight is 351 g/mol. The Balaban J connectivity index is 2.44. The molecule has 0 unspecified atom stereocenters. The fourth-order valence-electron chi connectivity index (χ4n) is 1.14. The van der Waals surface area contributed by atoms with Crippen LogP contribution in [0.2, 0.25) is 5.02 Å². The Hall–Kier alpha value is -0.390. The Kier molecular flexibility index (Phi) is 3.43. The minimum atomic E-state index is 0.635. The Bertz CT molecular complexity index is 484. The first-order valence-corrected chi connectivity index (χ1v) is 6.42. The summed E-state index contributed by atoms with van der Waals surface area (Å²) in [7, 11) is 0. The topological polar surface area (TPSA) is 30.7 Å². The van der Waals surface area contributed by atoms with E-state index in [1.54, 1.807) is 4.68 Å². The van der Waals surface area contributed by atoms with E-state index < -0.39 is 0 Å². The number of nitrogens with zero attached hydrogens (tertiary/aromatic N) is 3. The Morgan fingerprint density at radius 3 is 2.80 bits per heavy atom. The quantitative estimate of drug-likeness (QED) is 0.775. The molecule has 0 saturated heterocycles. The summed E-state index contributed by atoms with van der Waals surface area (Å²) in [6.45, 7) is 0. The van der Waals surface area contributed by atoms with Crippen molar-refractivity contribution in [2.24, 2.45) is 0 Å². The Labute approximate surface area is 109 Å². The molecule has 0 saturated carbocycles. The van der Waals surface area contributed by atoms with Gasteiger partial charge in [0.1, 0.15) is 0 Å². The molecule has 3 nitrogen and oxygen atoms in total. The lowest BCUT2D eigenvalue weighted by Crippen LogP contribution is -1.95. The first-order chi connectivity index (χ1) is 7.20. The average Bonchev–Trinajstić information content (AvgIpc) is 2.66. The lowest BCUT2D eigenvalue weighted by atomic mass is 10.3. The lowest BCUT2D eigenvalue weighted by molar-refractivity contribution is 0.800. The summed E-state index contributed by atoms with van der Waals surface area (Å²) in [5.74, 6) is 0. The first-order valence-electron chi connectivity index (χ1n) is 4.13. The van der Waals surface area contributed by atoms with Crippen molar-refractivity contribution in [2.45, 2.75) is 5.33 Å². The number of hydrogen-bond donors (Lipinski definition) is 0. The van der Waals surface area contributed by atoms with Crippen molar-refractivity contribution in [3.63, 3.8) is 0 Å². The highest BCUT2D eigenvalue weighted by molar-refractivity contribution is 9.10. The summed E-state index contributed by atoms with van der Waals surface area (Å²) in [6, 6.07) is 5.63. The van der Waals surface area contributed by atoms with Crippen LogP contribution >= 0.6 is 43.5 Å². The van der Waals surface area contributed by atoms with Gasteiger partial charge in [0.25, 0.3) is 0 Å². The van der Waals surface area contributed by atoms with Crippen LogP contribution in [0.4, 0.5) is 0 Å². The van der Waals surface area contributed by atoms with Gasteiger partial charge in [-0.25, -0.2) is 4.68 Å².